The minimum atomic E-state index is -4.56. The summed E-state index contributed by atoms with van der Waals surface area (Å²) < 4.78 is 52.3. The molecule has 6 heteroatoms. The summed E-state index contributed by atoms with van der Waals surface area (Å²) >= 11 is 0. The van der Waals surface area contributed by atoms with E-state index in [0.717, 1.165) is 6.92 Å². The normalized spacial score (nSPS) is 12.5. The van der Waals surface area contributed by atoms with Gasteiger partial charge < -0.3 is 4.74 Å². The molecule has 0 atom stereocenters. The number of halogens is 4. The molecular formula is C7H8F4O2. The molecule has 0 aromatic carbocycles. The van der Waals surface area contributed by atoms with Gasteiger partial charge in [-0.15, -0.1) is 0 Å². The first-order chi connectivity index (χ1) is 5.70. The molecule has 2 nitrogen and oxygen atoms in total. The van der Waals surface area contributed by atoms with Crippen LogP contribution in [0.5, 0.6) is 0 Å². The van der Waals surface area contributed by atoms with E-state index in [9.17, 15) is 22.4 Å². The van der Waals surface area contributed by atoms with Gasteiger partial charge in [0.2, 0.25) is 0 Å². The molecule has 0 aliphatic heterocycles. The first-order valence-corrected chi connectivity index (χ1v) is 3.31. The second kappa shape index (κ2) is 3.89. The van der Waals surface area contributed by atoms with Crippen molar-refractivity contribution in [2.24, 2.45) is 0 Å². The van der Waals surface area contributed by atoms with Crippen molar-refractivity contribution in [2.75, 3.05) is 6.61 Å². The molecular weight excluding hydrogens is 192 g/mol. The fraction of sp³-hybridized carbons (Fsp3) is 0.714. The standard InChI is InChI=1S/C7H8F4O2/c1-5(3-12)4-13-7(10,11)6(2,8)9/h4H2,1-2H3. The Labute approximate surface area is 72.2 Å². The van der Waals surface area contributed by atoms with Gasteiger partial charge in [0.15, 0.2) is 0 Å². The third-order valence-corrected chi connectivity index (χ3v) is 1.16. The summed E-state index contributed by atoms with van der Waals surface area (Å²) in [7, 11) is 0. The summed E-state index contributed by atoms with van der Waals surface area (Å²) in [6, 6.07) is 0. The van der Waals surface area contributed by atoms with Crippen molar-refractivity contribution in [1.29, 1.82) is 0 Å². The van der Waals surface area contributed by atoms with E-state index in [1.165, 1.54) is 5.94 Å². The van der Waals surface area contributed by atoms with E-state index in [1.807, 2.05) is 0 Å². The maximum absolute atomic E-state index is 12.3. The molecule has 0 rings (SSSR count). The van der Waals surface area contributed by atoms with Gasteiger partial charge >= 0.3 is 12.0 Å². The fourth-order valence-corrected chi connectivity index (χ4v) is 0.355. The lowest BCUT2D eigenvalue weighted by molar-refractivity contribution is -0.337. The number of rotatable bonds is 4. The number of hydrogen-bond acceptors (Lipinski definition) is 2. The lowest BCUT2D eigenvalue weighted by Crippen LogP contribution is -2.40. The first kappa shape index (κ1) is 12.1. The van der Waals surface area contributed by atoms with Crippen LogP contribution in [0, 0.1) is 0 Å². The molecule has 0 aliphatic carbocycles. The lowest BCUT2D eigenvalue weighted by atomic mass is 10.3. The minimum Gasteiger partial charge on any atom is -0.310 e. The average Bonchev–Trinajstić information content (AvgIpc) is 1.98. The molecule has 0 unspecified atom stereocenters. The molecule has 13 heavy (non-hydrogen) atoms. The Bertz CT molecular complexity index is 225. The molecule has 0 bridgehead atoms. The fourth-order valence-electron chi connectivity index (χ4n) is 0.355. The Morgan fingerprint density at radius 2 is 1.85 bits per heavy atom. The topological polar surface area (TPSA) is 26.3 Å². The Morgan fingerprint density at radius 3 is 2.15 bits per heavy atom. The van der Waals surface area contributed by atoms with Crippen LogP contribution in [-0.4, -0.2) is 24.6 Å². The van der Waals surface area contributed by atoms with Crippen LogP contribution in [0.15, 0.2) is 5.57 Å². The number of ether oxygens (including phenoxy) is 1. The van der Waals surface area contributed by atoms with Crippen molar-refractivity contribution >= 4 is 5.94 Å². The van der Waals surface area contributed by atoms with Crippen LogP contribution < -0.4 is 0 Å². The second-order valence-electron chi connectivity index (χ2n) is 2.58. The summed E-state index contributed by atoms with van der Waals surface area (Å²) in [5, 5.41) is 0. The van der Waals surface area contributed by atoms with Gasteiger partial charge in [-0.3, -0.25) is 0 Å². The van der Waals surface area contributed by atoms with Crippen LogP contribution in [0.1, 0.15) is 13.8 Å². The second-order valence-corrected chi connectivity index (χ2v) is 2.58. The van der Waals surface area contributed by atoms with Gasteiger partial charge in [0.05, 0.1) is 6.61 Å². The van der Waals surface area contributed by atoms with Crippen molar-refractivity contribution in [3.05, 3.63) is 5.57 Å². The molecule has 0 heterocycles. The van der Waals surface area contributed by atoms with Crippen LogP contribution in [0.2, 0.25) is 0 Å². The molecule has 0 saturated carbocycles. The number of alkyl halides is 4. The molecule has 0 fully saturated rings. The highest BCUT2D eigenvalue weighted by Crippen LogP contribution is 2.34. The predicted octanol–water partition coefficient (Wildman–Crippen LogP) is 2.03. The molecule has 0 radical (unpaired) electrons. The van der Waals surface area contributed by atoms with E-state index >= 15 is 0 Å². The van der Waals surface area contributed by atoms with Crippen molar-refractivity contribution in [3.8, 4) is 0 Å². The SMILES string of the molecule is CC(=C=O)COC(F)(F)C(C)(F)F. The maximum atomic E-state index is 12.3. The monoisotopic (exact) mass is 200 g/mol. The van der Waals surface area contributed by atoms with Crippen molar-refractivity contribution in [1.82, 2.24) is 0 Å². The van der Waals surface area contributed by atoms with Gasteiger partial charge in [-0.25, -0.2) is 4.79 Å². The first-order valence-electron chi connectivity index (χ1n) is 3.31. The number of hydrogen-bond donors (Lipinski definition) is 0. The number of carbonyl (C=O) groups excluding carboxylic acids is 1. The highest BCUT2D eigenvalue weighted by atomic mass is 19.3. The largest absolute Gasteiger partial charge is 0.419 e. The zero-order chi connectivity index (χ0) is 10.7. The van der Waals surface area contributed by atoms with Gasteiger partial charge in [-0.1, -0.05) is 0 Å². The Kier molecular flexibility index (Phi) is 3.63. The lowest BCUT2D eigenvalue weighted by Gasteiger charge is -2.22. The predicted molar refractivity (Wildman–Crippen MR) is 36.4 cm³/mol. The van der Waals surface area contributed by atoms with E-state index in [-0.39, 0.29) is 12.5 Å². The molecule has 0 aromatic rings. The Morgan fingerprint density at radius 1 is 1.38 bits per heavy atom. The highest BCUT2D eigenvalue weighted by Gasteiger charge is 2.53. The molecule has 0 saturated heterocycles. The van der Waals surface area contributed by atoms with E-state index in [0.29, 0.717) is 0 Å². The summed E-state index contributed by atoms with van der Waals surface area (Å²) in [6.07, 6.45) is -4.56. The maximum Gasteiger partial charge on any atom is 0.419 e. The van der Waals surface area contributed by atoms with Gasteiger partial charge in [-0.2, -0.15) is 17.6 Å². The highest BCUT2D eigenvalue weighted by molar-refractivity contribution is 5.51. The van der Waals surface area contributed by atoms with Crippen LogP contribution in [0.25, 0.3) is 0 Å². The molecule has 0 spiro atoms. The van der Waals surface area contributed by atoms with E-state index < -0.39 is 18.6 Å². The van der Waals surface area contributed by atoms with E-state index in [2.05, 4.69) is 4.74 Å². The zero-order valence-corrected chi connectivity index (χ0v) is 7.04. The quantitative estimate of drug-likeness (QED) is 0.512. The van der Waals surface area contributed by atoms with Crippen molar-refractivity contribution < 1.29 is 27.1 Å². The molecule has 0 aromatic heterocycles. The smallest absolute Gasteiger partial charge is 0.310 e. The van der Waals surface area contributed by atoms with Crippen LogP contribution in [0.3, 0.4) is 0 Å². The van der Waals surface area contributed by atoms with E-state index in [4.69, 9.17) is 0 Å². The third kappa shape index (κ3) is 3.57. The zero-order valence-electron chi connectivity index (χ0n) is 7.04. The summed E-state index contributed by atoms with van der Waals surface area (Å²) in [5.41, 5.74) is -0.205. The van der Waals surface area contributed by atoms with Gasteiger partial charge in [-0.05, 0) is 6.92 Å². The van der Waals surface area contributed by atoms with Crippen LogP contribution in [0.4, 0.5) is 17.6 Å². The summed E-state index contributed by atoms with van der Waals surface area (Å²) in [4.78, 5) is 9.80. The summed E-state index contributed by atoms with van der Waals surface area (Å²) in [6.45, 7) is 0.323. The summed E-state index contributed by atoms with van der Waals surface area (Å²) in [5.74, 6) is -3.02. The Hall–Kier alpha value is -0.870. The van der Waals surface area contributed by atoms with Gasteiger partial charge in [0.25, 0.3) is 0 Å². The van der Waals surface area contributed by atoms with Gasteiger partial charge in [0, 0.05) is 12.5 Å². The molecule has 0 amide bonds. The van der Waals surface area contributed by atoms with Crippen LogP contribution >= 0.6 is 0 Å². The minimum absolute atomic E-state index is 0.0347. The average molecular weight is 200 g/mol. The van der Waals surface area contributed by atoms with Crippen molar-refractivity contribution in [2.45, 2.75) is 25.9 Å². The Balaban J connectivity index is 4.28. The molecule has 76 valence electrons. The van der Waals surface area contributed by atoms with Crippen molar-refractivity contribution in [3.63, 3.8) is 0 Å². The third-order valence-electron chi connectivity index (χ3n) is 1.16. The van der Waals surface area contributed by atoms with Gasteiger partial charge in [0.1, 0.15) is 5.94 Å². The molecule has 0 N–H and O–H groups in total. The molecule has 0 aliphatic rings. The van der Waals surface area contributed by atoms with E-state index in [1.54, 1.807) is 0 Å². The van der Waals surface area contributed by atoms with Crippen LogP contribution in [-0.2, 0) is 9.53 Å².